The maximum absolute atomic E-state index is 12.9. The molecule has 2 aliphatic rings. The lowest BCUT2D eigenvalue weighted by molar-refractivity contribution is -0.134. The zero-order chi connectivity index (χ0) is 20.5. The molecule has 30 heavy (non-hydrogen) atoms. The number of aromatic nitrogens is 1. The zero-order valence-corrected chi connectivity index (χ0v) is 18.3. The van der Waals surface area contributed by atoms with Crippen molar-refractivity contribution in [2.45, 2.75) is 18.9 Å². The van der Waals surface area contributed by atoms with Crippen LogP contribution in [0.25, 0.3) is 10.6 Å². The zero-order valence-electron chi connectivity index (χ0n) is 16.7. The molecule has 2 aromatic carbocycles. The summed E-state index contributed by atoms with van der Waals surface area (Å²) in [5.41, 5.74) is 3.40. The molecule has 2 unspecified atom stereocenters. The van der Waals surface area contributed by atoms with Gasteiger partial charge in [0.25, 0.3) is 0 Å². The van der Waals surface area contributed by atoms with Crippen molar-refractivity contribution in [3.05, 3.63) is 76.3 Å². The minimum absolute atomic E-state index is 0.100. The SMILES string of the molecule is O=C(C1CC1c1ccccc1Cl)N1CCN(Cc2csc(-c3ccccc3)n2)CC1. The predicted molar refractivity (Wildman–Crippen MR) is 122 cm³/mol. The minimum atomic E-state index is 0.100. The van der Waals surface area contributed by atoms with Gasteiger partial charge in [-0.15, -0.1) is 11.3 Å². The molecule has 0 N–H and O–H groups in total. The maximum atomic E-state index is 12.9. The highest BCUT2D eigenvalue weighted by Gasteiger charge is 2.46. The Morgan fingerprint density at radius 2 is 1.77 bits per heavy atom. The maximum Gasteiger partial charge on any atom is 0.226 e. The van der Waals surface area contributed by atoms with Crippen LogP contribution in [-0.2, 0) is 11.3 Å². The number of hydrogen-bond donors (Lipinski definition) is 0. The van der Waals surface area contributed by atoms with Gasteiger partial charge in [0.2, 0.25) is 5.91 Å². The Morgan fingerprint density at radius 3 is 2.53 bits per heavy atom. The first-order valence-corrected chi connectivity index (χ1v) is 11.7. The largest absolute Gasteiger partial charge is 0.340 e. The van der Waals surface area contributed by atoms with E-state index in [-0.39, 0.29) is 11.8 Å². The number of hydrogen-bond acceptors (Lipinski definition) is 4. The van der Waals surface area contributed by atoms with Crippen LogP contribution in [0.1, 0.15) is 23.6 Å². The molecule has 2 heterocycles. The number of carbonyl (C=O) groups excluding carboxylic acids is 1. The van der Waals surface area contributed by atoms with Crippen molar-refractivity contribution in [2.24, 2.45) is 5.92 Å². The van der Waals surface area contributed by atoms with Gasteiger partial charge in [0.15, 0.2) is 0 Å². The Bertz CT molecular complexity index is 1030. The number of carbonyl (C=O) groups is 1. The van der Waals surface area contributed by atoms with E-state index in [1.807, 2.05) is 41.3 Å². The van der Waals surface area contributed by atoms with E-state index in [0.717, 1.165) is 60.4 Å². The van der Waals surface area contributed by atoms with Crippen molar-refractivity contribution < 1.29 is 4.79 Å². The van der Waals surface area contributed by atoms with E-state index in [0.29, 0.717) is 5.91 Å². The van der Waals surface area contributed by atoms with Gasteiger partial charge in [-0.25, -0.2) is 4.98 Å². The second-order valence-electron chi connectivity index (χ2n) is 8.08. The van der Waals surface area contributed by atoms with Crippen molar-refractivity contribution in [3.63, 3.8) is 0 Å². The lowest BCUT2D eigenvalue weighted by Gasteiger charge is -2.34. The third kappa shape index (κ3) is 4.15. The molecular formula is C24H24ClN3OS. The van der Waals surface area contributed by atoms with Crippen LogP contribution in [0.3, 0.4) is 0 Å². The van der Waals surface area contributed by atoms with Crippen LogP contribution in [0.15, 0.2) is 60.0 Å². The molecule has 0 bridgehead atoms. The molecule has 5 rings (SSSR count). The Hall–Kier alpha value is -2.21. The quantitative estimate of drug-likeness (QED) is 0.569. The first kappa shape index (κ1) is 19.7. The van der Waals surface area contributed by atoms with Crippen LogP contribution >= 0.6 is 22.9 Å². The third-order valence-corrected chi connectivity index (χ3v) is 7.34. The van der Waals surface area contributed by atoms with Gasteiger partial charge >= 0.3 is 0 Å². The average Bonchev–Trinajstić information content (AvgIpc) is 3.44. The highest BCUT2D eigenvalue weighted by molar-refractivity contribution is 7.13. The first-order valence-electron chi connectivity index (χ1n) is 10.4. The van der Waals surface area contributed by atoms with Gasteiger partial charge in [-0.1, -0.05) is 60.1 Å². The van der Waals surface area contributed by atoms with Crippen molar-refractivity contribution >= 4 is 28.8 Å². The van der Waals surface area contributed by atoms with Gasteiger partial charge < -0.3 is 4.90 Å². The van der Waals surface area contributed by atoms with Crippen molar-refractivity contribution in [1.29, 1.82) is 0 Å². The molecule has 0 radical (unpaired) electrons. The fraction of sp³-hybridized carbons (Fsp3) is 0.333. The Labute approximate surface area is 186 Å². The normalized spacial score (nSPS) is 21.6. The summed E-state index contributed by atoms with van der Waals surface area (Å²) in [4.78, 5) is 22.2. The summed E-state index contributed by atoms with van der Waals surface area (Å²) in [6, 6.07) is 18.2. The molecule has 3 aromatic rings. The number of nitrogens with zero attached hydrogens (tertiary/aromatic N) is 3. The van der Waals surface area contributed by atoms with E-state index in [1.165, 1.54) is 5.56 Å². The van der Waals surface area contributed by atoms with Crippen LogP contribution in [0.4, 0.5) is 0 Å². The molecule has 2 atom stereocenters. The van der Waals surface area contributed by atoms with E-state index in [9.17, 15) is 4.79 Å². The minimum Gasteiger partial charge on any atom is -0.340 e. The van der Waals surface area contributed by atoms with Gasteiger partial charge in [-0.05, 0) is 24.0 Å². The molecule has 1 saturated heterocycles. The summed E-state index contributed by atoms with van der Waals surface area (Å²) in [7, 11) is 0. The van der Waals surface area contributed by atoms with E-state index in [2.05, 4.69) is 28.5 Å². The summed E-state index contributed by atoms with van der Waals surface area (Å²) >= 11 is 8.01. The van der Waals surface area contributed by atoms with Crippen molar-refractivity contribution in [3.8, 4) is 10.6 Å². The smallest absolute Gasteiger partial charge is 0.226 e. The molecular weight excluding hydrogens is 414 g/mol. The predicted octanol–water partition coefficient (Wildman–Crippen LogP) is 4.91. The van der Waals surface area contributed by atoms with Gasteiger partial charge in [0.1, 0.15) is 5.01 Å². The molecule has 1 aliphatic heterocycles. The molecule has 2 fully saturated rings. The van der Waals surface area contributed by atoms with E-state index >= 15 is 0 Å². The highest BCUT2D eigenvalue weighted by Crippen LogP contribution is 2.50. The van der Waals surface area contributed by atoms with Crippen molar-refractivity contribution in [2.75, 3.05) is 26.2 Å². The molecule has 1 saturated carbocycles. The average molecular weight is 438 g/mol. The summed E-state index contributed by atoms with van der Waals surface area (Å²) in [6.07, 6.45) is 0.921. The fourth-order valence-electron chi connectivity index (χ4n) is 4.27. The molecule has 1 amide bonds. The van der Waals surface area contributed by atoms with Crippen LogP contribution in [-0.4, -0.2) is 46.9 Å². The van der Waals surface area contributed by atoms with Gasteiger partial charge in [-0.2, -0.15) is 0 Å². The molecule has 1 aromatic heterocycles. The number of thiazole rings is 1. The topological polar surface area (TPSA) is 36.4 Å². The molecule has 154 valence electrons. The van der Waals surface area contributed by atoms with E-state index < -0.39 is 0 Å². The fourth-order valence-corrected chi connectivity index (χ4v) is 5.36. The lowest BCUT2D eigenvalue weighted by atomic mass is 10.1. The summed E-state index contributed by atoms with van der Waals surface area (Å²) < 4.78 is 0. The molecule has 4 nitrogen and oxygen atoms in total. The van der Waals surface area contributed by atoms with E-state index in [1.54, 1.807) is 11.3 Å². The van der Waals surface area contributed by atoms with Gasteiger partial charge in [0.05, 0.1) is 5.69 Å². The number of benzene rings is 2. The van der Waals surface area contributed by atoms with Crippen LogP contribution in [0.2, 0.25) is 5.02 Å². The molecule has 1 aliphatic carbocycles. The Morgan fingerprint density at radius 1 is 1.03 bits per heavy atom. The number of rotatable bonds is 5. The summed E-state index contributed by atoms with van der Waals surface area (Å²) in [5.74, 6) is 0.679. The Kier molecular flexibility index (Phi) is 5.59. The second-order valence-corrected chi connectivity index (χ2v) is 9.35. The first-order chi connectivity index (χ1) is 14.7. The van der Waals surface area contributed by atoms with Crippen molar-refractivity contribution in [1.82, 2.24) is 14.8 Å². The summed E-state index contributed by atoms with van der Waals surface area (Å²) in [5, 5.41) is 4.00. The van der Waals surface area contributed by atoms with Gasteiger partial charge in [-0.3, -0.25) is 9.69 Å². The van der Waals surface area contributed by atoms with Crippen LogP contribution < -0.4 is 0 Å². The Balaban J connectivity index is 1.13. The standard InChI is InChI=1S/C24H24ClN3OS/c25-22-9-5-4-8-19(22)20-14-21(20)24(29)28-12-10-27(11-13-28)15-18-16-30-23(26-18)17-6-2-1-3-7-17/h1-9,16,20-21H,10-15H2. The third-order valence-electron chi connectivity index (χ3n) is 6.05. The van der Waals surface area contributed by atoms with E-state index in [4.69, 9.17) is 16.6 Å². The van der Waals surface area contributed by atoms with Crippen LogP contribution in [0.5, 0.6) is 0 Å². The molecule has 6 heteroatoms. The molecule has 0 spiro atoms. The summed E-state index contributed by atoms with van der Waals surface area (Å²) in [6.45, 7) is 4.22. The monoisotopic (exact) mass is 437 g/mol. The van der Waals surface area contributed by atoms with Crippen LogP contribution in [0, 0.1) is 5.92 Å². The number of halogens is 1. The number of piperazine rings is 1. The lowest BCUT2D eigenvalue weighted by Crippen LogP contribution is -2.48. The number of amides is 1. The second kappa shape index (κ2) is 8.50. The van der Waals surface area contributed by atoms with Gasteiger partial charge in [0, 0.05) is 54.6 Å². The highest BCUT2D eigenvalue weighted by atomic mass is 35.5.